The van der Waals surface area contributed by atoms with Crippen LogP contribution >= 0.6 is 11.8 Å². The minimum absolute atomic E-state index is 0.566. The van der Waals surface area contributed by atoms with E-state index in [4.69, 9.17) is 0 Å². The second-order valence-electron chi connectivity index (χ2n) is 6.50. The molecule has 0 amide bonds. The summed E-state index contributed by atoms with van der Waals surface area (Å²) in [6.07, 6.45) is 3.30. The Labute approximate surface area is 164 Å². The second kappa shape index (κ2) is 7.25. The van der Waals surface area contributed by atoms with E-state index in [1.807, 2.05) is 30.0 Å². The maximum atomic E-state index is 11.5. The zero-order valence-electron chi connectivity index (χ0n) is 14.8. The lowest BCUT2D eigenvalue weighted by molar-refractivity contribution is 0.607. The first-order valence-corrected chi connectivity index (χ1v) is 11.5. The van der Waals surface area contributed by atoms with E-state index >= 15 is 0 Å². The van der Waals surface area contributed by atoms with Gasteiger partial charge in [0.25, 0.3) is 0 Å². The predicted octanol–water partition coefficient (Wildman–Crippen LogP) is 5.25. The van der Waals surface area contributed by atoms with Crippen LogP contribution in [0.15, 0.2) is 77.7 Å². The van der Waals surface area contributed by atoms with Gasteiger partial charge in [-0.15, -0.1) is 11.8 Å². The predicted molar refractivity (Wildman–Crippen MR) is 114 cm³/mol. The maximum Gasteiger partial charge on any atom is 0.229 e. The van der Waals surface area contributed by atoms with Gasteiger partial charge in [-0.25, -0.2) is 8.42 Å². The quantitative estimate of drug-likeness (QED) is 0.661. The van der Waals surface area contributed by atoms with Crippen molar-refractivity contribution in [3.63, 3.8) is 0 Å². The van der Waals surface area contributed by atoms with Gasteiger partial charge in [-0.3, -0.25) is 4.72 Å². The zero-order valence-corrected chi connectivity index (χ0v) is 16.5. The van der Waals surface area contributed by atoms with E-state index < -0.39 is 10.0 Å². The summed E-state index contributed by atoms with van der Waals surface area (Å²) in [5, 5.41) is 0. The largest absolute Gasteiger partial charge is 0.284 e. The first kappa shape index (κ1) is 17.9. The van der Waals surface area contributed by atoms with Crippen LogP contribution in [-0.4, -0.2) is 14.7 Å². The van der Waals surface area contributed by atoms with Crippen molar-refractivity contribution < 1.29 is 8.42 Å². The molecule has 3 aromatic carbocycles. The Morgan fingerprint density at radius 2 is 1.67 bits per heavy atom. The number of benzene rings is 3. The molecule has 0 spiro atoms. The number of hydrogen-bond acceptors (Lipinski definition) is 3. The van der Waals surface area contributed by atoms with Gasteiger partial charge in [-0.1, -0.05) is 54.6 Å². The highest BCUT2D eigenvalue weighted by atomic mass is 32.2. The van der Waals surface area contributed by atoms with E-state index in [2.05, 4.69) is 59.3 Å². The molecule has 1 N–H and O–H groups in total. The van der Waals surface area contributed by atoms with Gasteiger partial charge < -0.3 is 0 Å². The van der Waals surface area contributed by atoms with Crippen LogP contribution in [0.5, 0.6) is 0 Å². The standard InChI is InChI=1S/C22H19NO2S2/c1-27(24,25)23-18-9-6-7-16(13-18)14-21-19-10-3-2-8-17(19)15-26-22-12-5-4-11-20(21)22/h2-14,23H,15H2,1H3/b21-14+. The van der Waals surface area contributed by atoms with Crippen LogP contribution in [0, 0.1) is 0 Å². The Morgan fingerprint density at radius 1 is 0.926 bits per heavy atom. The minimum atomic E-state index is -3.30. The summed E-state index contributed by atoms with van der Waals surface area (Å²) < 4.78 is 25.6. The molecule has 3 aromatic rings. The number of hydrogen-bond donors (Lipinski definition) is 1. The molecular weight excluding hydrogens is 374 g/mol. The first-order chi connectivity index (χ1) is 13.0. The summed E-state index contributed by atoms with van der Waals surface area (Å²) in [4.78, 5) is 1.25. The molecule has 1 heterocycles. The number of nitrogens with one attached hydrogen (secondary N) is 1. The van der Waals surface area contributed by atoms with Gasteiger partial charge in [-0.2, -0.15) is 0 Å². The molecule has 136 valence electrons. The van der Waals surface area contributed by atoms with Crippen molar-refractivity contribution in [2.45, 2.75) is 10.6 Å². The van der Waals surface area contributed by atoms with Gasteiger partial charge in [0.1, 0.15) is 0 Å². The Bertz CT molecular complexity index is 1080. The summed E-state index contributed by atoms with van der Waals surface area (Å²) in [5.41, 5.74) is 6.40. The van der Waals surface area contributed by atoms with Crippen molar-refractivity contribution in [2.75, 3.05) is 11.0 Å². The van der Waals surface area contributed by atoms with Gasteiger partial charge in [-0.05, 0) is 52.1 Å². The van der Waals surface area contributed by atoms with Crippen LogP contribution in [0.25, 0.3) is 11.6 Å². The van der Waals surface area contributed by atoms with Crippen molar-refractivity contribution in [1.82, 2.24) is 0 Å². The van der Waals surface area contributed by atoms with Gasteiger partial charge in [0.2, 0.25) is 10.0 Å². The lowest BCUT2D eigenvalue weighted by Gasteiger charge is -2.12. The van der Waals surface area contributed by atoms with Gasteiger partial charge in [0.05, 0.1) is 6.26 Å². The van der Waals surface area contributed by atoms with Crippen LogP contribution in [0.3, 0.4) is 0 Å². The van der Waals surface area contributed by atoms with Crippen molar-refractivity contribution in [2.24, 2.45) is 0 Å². The van der Waals surface area contributed by atoms with Gasteiger partial charge in [0, 0.05) is 16.3 Å². The normalized spacial score (nSPS) is 14.9. The molecule has 0 aliphatic carbocycles. The van der Waals surface area contributed by atoms with Crippen LogP contribution < -0.4 is 4.72 Å². The molecule has 1 aliphatic heterocycles. The van der Waals surface area contributed by atoms with E-state index in [1.165, 1.54) is 21.6 Å². The van der Waals surface area contributed by atoms with Gasteiger partial charge >= 0.3 is 0 Å². The van der Waals surface area contributed by atoms with E-state index in [1.54, 1.807) is 6.07 Å². The average Bonchev–Trinajstić information content (AvgIpc) is 2.79. The Kier molecular flexibility index (Phi) is 4.81. The van der Waals surface area contributed by atoms with Gasteiger partial charge in [0.15, 0.2) is 0 Å². The van der Waals surface area contributed by atoms with Crippen LogP contribution in [0.1, 0.15) is 22.3 Å². The molecule has 3 nitrogen and oxygen atoms in total. The molecule has 0 radical (unpaired) electrons. The van der Waals surface area contributed by atoms with Crippen LogP contribution in [0.2, 0.25) is 0 Å². The molecule has 1 aliphatic rings. The molecule has 0 saturated heterocycles. The highest BCUT2D eigenvalue weighted by Gasteiger charge is 2.18. The monoisotopic (exact) mass is 393 g/mol. The first-order valence-electron chi connectivity index (χ1n) is 8.60. The molecule has 0 atom stereocenters. The number of fused-ring (bicyclic) bond motifs is 2. The van der Waals surface area contributed by atoms with Crippen LogP contribution in [0.4, 0.5) is 5.69 Å². The molecule has 0 bridgehead atoms. The second-order valence-corrected chi connectivity index (χ2v) is 9.27. The Morgan fingerprint density at radius 3 is 2.48 bits per heavy atom. The molecule has 27 heavy (non-hydrogen) atoms. The maximum absolute atomic E-state index is 11.5. The fourth-order valence-corrected chi connectivity index (χ4v) is 4.88. The van der Waals surface area contributed by atoms with Crippen molar-refractivity contribution >= 4 is 39.1 Å². The summed E-state index contributed by atoms with van der Waals surface area (Å²) >= 11 is 1.85. The number of anilines is 1. The molecule has 0 fully saturated rings. The topological polar surface area (TPSA) is 46.2 Å². The number of rotatable bonds is 3. The molecule has 0 unspecified atom stereocenters. The SMILES string of the molecule is CS(=O)(=O)Nc1cccc(/C=C2\c3ccccc3CSc3ccccc32)c1. The average molecular weight is 394 g/mol. The van der Waals surface area contributed by atoms with Crippen molar-refractivity contribution in [3.05, 3.63) is 95.1 Å². The van der Waals surface area contributed by atoms with E-state index in [-0.39, 0.29) is 0 Å². The third-order valence-electron chi connectivity index (χ3n) is 4.37. The van der Waals surface area contributed by atoms with Crippen LogP contribution in [-0.2, 0) is 15.8 Å². The molecule has 0 saturated carbocycles. The highest BCUT2D eigenvalue weighted by Crippen LogP contribution is 2.40. The lowest BCUT2D eigenvalue weighted by Crippen LogP contribution is -2.09. The van der Waals surface area contributed by atoms with E-state index in [9.17, 15) is 8.42 Å². The smallest absolute Gasteiger partial charge is 0.229 e. The summed E-state index contributed by atoms with van der Waals surface area (Å²) in [6, 6.07) is 24.4. The molecule has 4 rings (SSSR count). The Hall–Kier alpha value is -2.50. The fraction of sp³-hybridized carbons (Fsp3) is 0.0909. The van der Waals surface area contributed by atoms with E-state index in [0.29, 0.717) is 5.69 Å². The summed E-state index contributed by atoms with van der Waals surface area (Å²) in [7, 11) is -3.30. The molecule has 0 aromatic heterocycles. The van der Waals surface area contributed by atoms with Crippen molar-refractivity contribution in [3.8, 4) is 0 Å². The fourth-order valence-electron chi connectivity index (χ4n) is 3.25. The zero-order chi connectivity index (χ0) is 18.9. The number of sulfonamides is 1. The van der Waals surface area contributed by atoms with E-state index in [0.717, 1.165) is 23.1 Å². The Balaban J connectivity index is 1.87. The van der Waals surface area contributed by atoms with Crippen molar-refractivity contribution in [1.29, 1.82) is 0 Å². The third kappa shape index (κ3) is 4.10. The molecule has 5 heteroatoms. The molecular formula is C22H19NO2S2. The third-order valence-corrected chi connectivity index (χ3v) is 6.10. The lowest BCUT2D eigenvalue weighted by atomic mass is 9.92. The summed E-state index contributed by atoms with van der Waals surface area (Å²) in [6.45, 7) is 0. The minimum Gasteiger partial charge on any atom is -0.284 e. The number of thioether (sulfide) groups is 1. The summed E-state index contributed by atoms with van der Waals surface area (Å²) in [5.74, 6) is 0.931. The highest BCUT2D eigenvalue weighted by molar-refractivity contribution is 7.98.